The minimum Gasteiger partial charge on any atom is -0.106 e. The molecule has 0 aliphatic rings. The molecular weight excluding hydrogens is 360 g/mol. The quantitative estimate of drug-likeness (QED) is 0.305. The van der Waals surface area contributed by atoms with Gasteiger partial charge in [-0.05, 0) is 16.7 Å². The first-order valence-corrected chi connectivity index (χ1v) is 9.47. The second kappa shape index (κ2) is 23.1. The maximum atomic E-state index is 3.63. The van der Waals surface area contributed by atoms with Crippen molar-refractivity contribution in [2.45, 2.75) is 0 Å². The van der Waals surface area contributed by atoms with Crippen molar-refractivity contribution in [3.8, 4) is 0 Å². The Morgan fingerprint density at radius 2 is 0.567 bits per heavy atom. The van der Waals surface area contributed by atoms with Crippen molar-refractivity contribution < 1.29 is 0 Å². The summed E-state index contributed by atoms with van der Waals surface area (Å²) < 4.78 is 0. The molecule has 30 heavy (non-hydrogen) atoms. The summed E-state index contributed by atoms with van der Waals surface area (Å²) >= 11 is 0. The van der Waals surface area contributed by atoms with Gasteiger partial charge in [0, 0.05) is 0 Å². The Balaban J connectivity index is 0. The summed E-state index contributed by atoms with van der Waals surface area (Å²) in [6.45, 7) is 23.6. The van der Waals surface area contributed by atoms with E-state index in [1.807, 2.05) is 109 Å². The van der Waals surface area contributed by atoms with E-state index in [2.05, 4.69) is 46.1 Å². The first-order valence-electron chi connectivity index (χ1n) is 9.47. The third-order valence-electron chi connectivity index (χ3n) is 3.27. The molecule has 0 saturated heterocycles. The molecule has 0 radical (unpaired) electrons. The van der Waals surface area contributed by atoms with Gasteiger partial charge in [0.25, 0.3) is 0 Å². The fourth-order valence-corrected chi connectivity index (χ4v) is 1.77. The zero-order valence-electron chi connectivity index (χ0n) is 18.0. The second-order valence-electron chi connectivity index (χ2n) is 5.32. The van der Waals surface area contributed by atoms with Crippen LogP contribution in [0.15, 0.2) is 149 Å². The van der Waals surface area contributed by atoms with Gasteiger partial charge in [-0.3, -0.25) is 0 Å². The molecule has 0 saturated carbocycles. The highest BCUT2D eigenvalue weighted by atomic mass is 13.8. The fraction of sp³-hybridized carbons (Fsp3) is 0. The molecule has 154 valence electrons. The molecule has 3 aromatic carbocycles. The molecule has 0 heteroatoms. The lowest BCUT2D eigenvalue weighted by atomic mass is 10.2. The Bertz CT molecular complexity index is 687. The molecule has 0 amide bonds. The minimum atomic E-state index is 1.17. The minimum absolute atomic E-state index is 1.17. The fourth-order valence-electron chi connectivity index (χ4n) is 1.77. The van der Waals surface area contributed by atoms with E-state index < -0.39 is 0 Å². The predicted octanol–water partition coefficient (Wildman–Crippen LogP) is 9.15. The summed E-state index contributed by atoms with van der Waals surface area (Å²) in [5, 5.41) is 0. The van der Waals surface area contributed by atoms with E-state index in [-0.39, 0.29) is 0 Å². The normalized spacial score (nSPS) is 7.60. The third-order valence-corrected chi connectivity index (χ3v) is 3.27. The van der Waals surface area contributed by atoms with Crippen molar-refractivity contribution in [1.29, 1.82) is 0 Å². The first kappa shape index (κ1) is 28.3. The molecule has 0 nitrogen and oxygen atoms in total. The molecule has 0 unspecified atom stereocenters. The van der Waals surface area contributed by atoms with Gasteiger partial charge < -0.3 is 0 Å². The van der Waals surface area contributed by atoms with Crippen LogP contribution in [0.1, 0.15) is 16.7 Å². The molecular formula is C30H34. The molecule has 0 aromatic heterocycles. The third kappa shape index (κ3) is 17.5. The van der Waals surface area contributed by atoms with Crippen molar-refractivity contribution in [2.24, 2.45) is 0 Å². The van der Waals surface area contributed by atoms with Crippen molar-refractivity contribution in [2.75, 3.05) is 0 Å². The van der Waals surface area contributed by atoms with Gasteiger partial charge >= 0.3 is 0 Å². The maximum absolute atomic E-state index is 3.63. The number of benzene rings is 3. The van der Waals surface area contributed by atoms with Gasteiger partial charge in [0.2, 0.25) is 0 Å². The van der Waals surface area contributed by atoms with Gasteiger partial charge in [0.15, 0.2) is 0 Å². The highest BCUT2D eigenvalue weighted by Crippen LogP contribution is 1.98. The number of hydrogen-bond acceptors (Lipinski definition) is 0. The average Bonchev–Trinajstić information content (AvgIpc) is 2.87. The smallest absolute Gasteiger partial charge is 0.0263 e. The van der Waals surface area contributed by atoms with E-state index >= 15 is 0 Å². The Labute approximate surface area is 184 Å². The average molecular weight is 395 g/mol. The van der Waals surface area contributed by atoms with Crippen LogP contribution in [-0.2, 0) is 0 Å². The lowest BCUT2D eigenvalue weighted by Crippen LogP contribution is -1.63. The van der Waals surface area contributed by atoms with Crippen LogP contribution in [-0.4, -0.2) is 0 Å². The molecule has 0 heterocycles. The van der Waals surface area contributed by atoms with E-state index in [0.29, 0.717) is 0 Å². The van der Waals surface area contributed by atoms with Crippen LogP contribution in [0, 0.1) is 0 Å². The highest BCUT2D eigenvalue weighted by Gasteiger charge is 1.77. The molecule has 3 aromatic rings. The lowest BCUT2D eigenvalue weighted by molar-refractivity contribution is 1.67. The van der Waals surface area contributed by atoms with Crippen LogP contribution in [0.25, 0.3) is 18.2 Å². The molecule has 3 rings (SSSR count). The molecule has 0 bridgehead atoms. The monoisotopic (exact) mass is 394 g/mol. The molecule has 0 fully saturated rings. The Morgan fingerprint density at radius 1 is 0.367 bits per heavy atom. The number of allylic oxidation sites excluding steroid dienone is 2. The summed E-state index contributed by atoms with van der Waals surface area (Å²) in [6, 6.07) is 30.1. The largest absolute Gasteiger partial charge is 0.106 e. The molecule has 0 atom stereocenters. The van der Waals surface area contributed by atoms with Crippen molar-refractivity contribution >= 4 is 18.2 Å². The number of hydrogen-bond donors (Lipinski definition) is 0. The van der Waals surface area contributed by atoms with Crippen LogP contribution in [0.4, 0.5) is 0 Å². The van der Waals surface area contributed by atoms with E-state index in [9.17, 15) is 0 Å². The van der Waals surface area contributed by atoms with Crippen molar-refractivity contribution in [1.82, 2.24) is 0 Å². The van der Waals surface area contributed by atoms with E-state index in [4.69, 9.17) is 0 Å². The Morgan fingerprint density at radius 3 is 0.667 bits per heavy atom. The summed E-state index contributed by atoms with van der Waals surface area (Å²) in [5.41, 5.74) is 3.52. The first-order chi connectivity index (χ1) is 14.7. The highest BCUT2D eigenvalue weighted by molar-refractivity contribution is 5.46. The predicted molar refractivity (Wildman–Crippen MR) is 141 cm³/mol. The van der Waals surface area contributed by atoms with Crippen molar-refractivity contribution in [3.63, 3.8) is 0 Å². The second-order valence-corrected chi connectivity index (χ2v) is 5.32. The Hall–Kier alpha value is -3.90. The van der Waals surface area contributed by atoms with Gasteiger partial charge in [-0.2, -0.15) is 0 Å². The van der Waals surface area contributed by atoms with Gasteiger partial charge in [0.05, 0.1) is 0 Å². The molecule has 0 aliphatic heterocycles. The van der Waals surface area contributed by atoms with Crippen LogP contribution in [0.5, 0.6) is 0 Å². The Kier molecular flexibility index (Phi) is 21.8. The van der Waals surface area contributed by atoms with Crippen molar-refractivity contribution in [3.05, 3.63) is 166 Å². The van der Waals surface area contributed by atoms with Gasteiger partial charge in [-0.25, -0.2) is 0 Å². The number of rotatable bonds is 4. The van der Waals surface area contributed by atoms with Crippen LogP contribution < -0.4 is 0 Å². The summed E-state index contributed by atoms with van der Waals surface area (Å²) in [6.07, 6.45) is 8.78. The van der Waals surface area contributed by atoms with E-state index in [0.717, 1.165) is 0 Å². The van der Waals surface area contributed by atoms with Crippen LogP contribution >= 0.6 is 0 Å². The van der Waals surface area contributed by atoms with E-state index in [1.165, 1.54) is 16.7 Å². The SMILES string of the molecule is C=C.C=CC=C.C=Cc1ccccc1.C=Cc1ccccc1.C=Cc1ccccc1. The summed E-state index contributed by atoms with van der Waals surface area (Å²) in [4.78, 5) is 0. The van der Waals surface area contributed by atoms with Crippen LogP contribution in [0.3, 0.4) is 0 Å². The van der Waals surface area contributed by atoms with Gasteiger partial charge in [0.1, 0.15) is 0 Å². The van der Waals surface area contributed by atoms with Gasteiger partial charge in [-0.1, -0.05) is 154 Å². The maximum Gasteiger partial charge on any atom is -0.0263 e. The lowest BCUT2D eigenvalue weighted by Gasteiger charge is -1.85. The summed E-state index contributed by atoms with van der Waals surface area (Å²) in [5.74, 6) is 0. The molecule has 0 N–H and O–H groups in total. The topological polar surface area (TPSA) is 0 Å². The summed E-state index contributed by atoms with van der Waals surface area (Å²) in [7, 11) is 0. The van der Waals surface area contributed by atoms with E-state index in [1.54, 1.807) is 12.2 Å². The standard InChI is InChI=1S/3C8H8.C4H6.C2H4/c3*1-2-8-6-4-3-5-7-8;1-3-4-2;1-2/h3*2-7H,1H2;3-4H,1-2H2;1-2H2. The zero-order valence-corrected chi connectivity index (χ0v) is 18.0. The van der Waals surface area contributed by atoms with Gasteiger partial charge in [-0.15, -0.1) is 13.2 Å². The molecule has 0 aliphatic carbocycles. The molecule has 0 spiro atoms. The van der Waals surface area contributed by atoms with Crippen LogP contribution in [0.2, 0.25) is 0 Å². The zero-order chi connectivity index (χ0) is 22.9.